The van der Waals surface area contributed by atoms with Crippen LogP contribution >= 0.6 is 0 Å². The van der Waals surface area contributed by atoms with E-state index in [9.17, 15) is 14.4 Å². The molecule has 0 rings (SSSR count). The van der Waals surface area contributed by atoms with E-state index >= 15 is 0 Å². The van der Waals surface area contributed by atoms with Gasteiger partial charge in [-0.2, -0.15) is 0 Å². The van der Waals surface area contributed by atoms with Crippen molar-refractivity contribution in [3.05, 3.63) is 12.2 Å². The lowest BCUT2D eigenvalue weighted by atomic mass is 10.2. The van der Waals surface area contributed by atoms with Gasteiger partial charge in [-0.3, -0.25) is 9.59 Å². The van der Waals surface area contributed by atoms with Gasteiger partial charge in [0.2, 0.25) is 5.91 Å². The molecule has 2 N–H and O–H groups in total. The zero-order valence-electron chi connectivity index (χ0n) is 7.28. The van der Waals surface area contributed by atoms with Gasteiger partial charge in [-0.1, -0.05) is 0 Å². The van der Waals surface area contributed by atoms with E-state index in [0.717, 1.165) is 12.2 Å². The number of ketones is 1. The Bertz CT molecular complexity index is 245. The summed E-state index contributed by atoms with van der Waals surface area (Å²) in [5.41, 5.74) is 4.75. The first kappa shape index (κ1) is 11.4. The molecule has 1 amide bonds. The molecule has 0 heterocycles. The fourth-order valence-corrected chi connectivity index (χ4v) is 0.582. The van der Waals surface area contributed by atoms with E-state index < -0.39 is 24.1 Å². The summed E-state index contributed by atoms with van der Waals surface area (Å²) in [7, 11) is 0. The minimum absolute atomic E-state index is 0.243. The van der Waals surface area contributed by atoms with Crippen LogP contribution in [-0.2, 0) is 19.1 Å². The quantitative estimate of drug-likeness (QED) is 0.357. The first-order valence-electron chi connectivity index (χ1n) is 3.72. The summed E-state index contributed by atoms with van der Waals surface area (Å²) < 4.78 is 4.50. The Morgan fingerprint density at radius 3 is 2.38 bits per heavy atom. The zero-order valence-corrected chi connectivity index (χ0v) is 7.28. The molecule has 5 nitrogen and oxygen atoms in total. The van der Waals surface area contributed by atoms with Crippen LogP contribution < -0.4 is 5.73 Å². The van der Waals surface area contributed by atoms with E-state index in [-0.39, 0.29) is 6.61 Å². The second-order valence-electron chi connectivity index (χ2n) is 2.19. The van der Waals surface area contributed by atoms with Crippen LogP contribution in [0.2, 0.25) is 0 Å². The van der Waals surface area contributed by atoms with E-state index in [2.05, 4.69) is 4.74 Å². The summed E-state index contributed by atoms with van der Waals surface area (Å²) in [6, 6.07) is 0. The number of primary amides is 1. The molecular formula is C8H11NO4. The first-order chi connectivity index (χ1) is 6.06. The molecule has 0 fully saturated rings. The number of carbonyl (C=O) groups excluding carboxylic acids is 3. The fourth-order valence-electron chi connectivity index (χ4n) is 0.582. The van der Waals surface area contributed by atoms with Gasteiger partial charge in [-0.15, -0.1) is 0 Å². The Morgan fingerprint density at radius 1 is 1.31 bits per heavy atom. The molecule has 0 aliphatic carbocycles. The first-order valence-corrected chi connectivity index (χ1v) is 3.72. The highest BCUT2D eigenvalue weighted by Gasteiger charge is 2.02. The normalized spacial score (nSPS) is 9.92. The van der Waals surface area contributed by atoms with Crippen molar-refractivity contribution in [1.29, 1.82) is 0 Å². The molecule has 13 heavy (non-hydrogen) atoms. The van der Waals surface area contributed by atoms with Crippen LogP contribution in [0.25, 0.3) is 0 Å². The molecule has 0 aliphatic heterocycles. The molecule has 0 spiro atoms. The summed E-state index contributed by atoms with van der Waals surface area (Å²) in [5, 5.41) is 0. The highest BCUT2D eigenvalue weighted by atomic mass is 16.5. The Morgan fingerprint density at radius 2 is 1.92 bits per heavy atom. The third kappa shape index (κ3) is 6.74. The molecule has 0 aromatic rings. The van der Waals surface area contributed by atoms with E-state index in [1.165, 1.54) is 0 Å². The fraction of sp³-hybridized carbons (Fsp3) is 0.375. The van der Waals surface area contributed by atoms with Crippen LogP contribution in [0.4, 0.5) is 0 Å². The lowest BCUT2D eigenvalue weighted by Gasteiger charge is -1.93. The Kier molecular flexibility index (Phi) is 5.18. The summed E-state index contributed by atoms with van der Waals surface area (Å²) >= 11 is 0. The zero-order chi connectivity index (χ0) is 10.3. The number of amides is 1. The number of esters is 1. The smallest absolute Gasteiger partial charge is 0.330 e. The molecule has 0 unspecified atom stereocenters. The summed E-state index contributed by atoms with van der Waals surface area (Å²) in [6.45, 7) is 1.89. The Balaban J connectivity index is 3.90. The van der Waals surface area contributed by atoms with Crippen molar-refractivity contribution in [3.8, 4) is 0 Å². The van der Waals surface area contributed by atoms with Gasteiger partial charge in [0.05, 0.1) is 13.0 Å². The van der Waals surface area contributed by atoms with E-state index in [1.807, 2.05) is 0 Å². The SMILES string of the molecule is CCOC(=O)C=CC(=O)CC(N)=O. The van der Waals surface area contributed by atoms with Crippen LogP contribution in [-0.4, -0.2) is 24.3 Å². The molecule has 0 bridgehead atoms. The lowest BCUT2D eigenvalue weighted by molar-refractivity contribution is -0.137. The van der Waals surface area contributed by atoms with Gasteiger partial charge in [0.25, 0.3) is 0 Å². The molecular weight excluding hydrogens is 174 g/mol. The predicted octanol–water partition coefficient (Wildman–Crippen LogP) is -0.450. The molecule has 0 aromatic carbocycles. The number of carbonyl (C=O) groups is 3. The van der Waals surface area contributed by atoms with Gasteiger partial charge < -0.3 is 10.5 Å². The van der Waals surface area contributed by atoms with Crippen LogP contribution in [0, 0.1) is 0 Å². The molecule has 0 aromatic heterocycles. The highest BCUT2D eigenvalue weighted by molar-refractivity contribution is 6.05. The minimum Gasteiger partial charge on any atom is -0.463 e. The Labute approximate surface area is 75.5 Å². The molecule has 0 saturated heterocycles. The third-order valence-corrected chi connectivity index (χ3v) is 1.04. The topological polar surface area (TPSA) is 86.5 Å². The van der Waals surface area contributed by atoms with Crippen molar-refractivity contribution in [1.82, 2.24) is 0 Å². The maximum atomic E-state index is 10.8. The second kappa shape index (κ2) is 5.93. The molecule has 0 radical (unpaired) electrons. The largest absolute Gasteiger partial charge is 0.463 e. The van der Waals surface area contributed by atoms with Crippen LogP contribution in [0.5, 0.6) is 0 Å². The van der Waals surface area contributed by atoms with Gasteiger partial charge in [0.1, 0.15) is 0 Å². The molecule has 72 valence electrons. The minimum atomic E-state index is -0.724. The molecule has 0 aliphatic rings. The van der Waals surface area contributed by atoms with Gasteiger partial charge >= 0.3 is 5.97 Å². The Hall–Kier alpha value is -1.65. The van der Waals surface area contributed by atoms with Crippen LogP contribution in [0.15, 0.2) is 12.2 Å². The van der Waals surface area contributed by atoms with Crippen molar-refractivity contribution in [2.45, 2.75) is 13.3 Å². The second-order valence-corrected chi connectivity index (χ2v) is 2.19. The number of ether oxygens (including phenoxy) is 1. The van der Waals surface area contributed by atoms with Crippen molar-refractivity contribution in [3.63, 3.8) is 0 Å². The maximum absolute atomic E-state index is 10.8. The van der Waals surface area contributed by atoms with Crippen molar-refractivity contribution in [2.24, 2.45) is 5.73 Å². The monoisotopic (exact) mass is 185 g/mol. The number of allylic oxidation sites excluding steroid dienone is 1. The predicted molar refractivity (Wildman–Crippen MR) is 44.6 cm³/mol. The van der Waals surface area contributed by atoms with E-state index in [4.69, 9.17) is 5.73 Å². The maximum Gasteiger partial charge on any atom is 0.330 e. The third-order valence-electron chi connectivity index (χ3n) is 1.04. The number of hydrogen-bond acceptors (Lipinski definition) is 4. The number of rotatable bonds is 5. The summed E-state index contributed by atoms with van der Waals surface area (Å²) in [5.74, 6) is -1.85. The van der Waals surface area contributed by atoms with Gasteiger partial charge in [-0.25, -0.2) is 4.79 Å². The molecule has 5 heteroatoms. The standard InChI is InChI=1S/C8H11NO4/c1-2-13-8(12)4-3-6(10)5-7(9)11/h3-4H,2,5H2,1H3,(H2,9,11). The van der Waals surface area contributed by atoms with Crippen molar-refractivity contribution < 1.29 is 19.1 Å². The highest BCUT2D eigenvalue weighted by Crippen LogP contribution is 1.86. The number of nitrogens with two attached hydrogens (primary N) is 1. The lowest BCUT2D eigenvalue weighted by Crippen LogP contribution is -2.15. The van der Waals surface area contributed by atoms with Crippen LogP contribution in [0.1, 0.15) is 13.3 Å². The summed E-state index contributed by atoms with van der Waals surface area (Å²) in [6.07, 6.45) is 1.55. The molecule has 0 saturated carbocycles. The van der Waals surface area contributed by atoms with Gasteiger partial charge in [0.15, 0.2) is 5.78 Å². The van der Waals surface area contributed by atoms with Crippen LogP contribution in [0.3, 0.4) is 0 Å². The average molecular weight is 185 g/mol. The number of hydrogen-bond donors (Lipinski definition) is 1. The van der Waals surface area contributed by atoms with E-state index in [0.29, 0.717) is 0 Å². The van der Waals surface area contributed by atoms with Crippen molar-refractivity contribution in [2.75, 3.05) is 6.61 Å². The van der Waals surface area contributed by atoms with Gasteiger partial charge in [0, 0.05) is 6.08 Å². The van der Waals surface area contributed by atoms with Crippen molar-refractivity contribution >= 4 is 17.7 Å². The summed E-state index contributed by atoms with van der Waals surface area (Å²) in [4.78, 5) is 31.7. The molecule has 0 atom stereocenters. The average Bonchev–Trinajstić information content (AvgIpc) is 2.00. The van der Waals surface area contributed by atoms with E-state index in [1.54, 1.807) is 6.92 Å². The van der Waals surface area contributed by atoms with Gasteiger partial charge in [-0.05, 0) is 13.0 Å².